The molecule has 4 heteroatoms. The van der Waals surface area contributed by atoms with Crippen LogP contribution in [0.2, 0.25) is 0 Å². The summed E-state index contributed by atoms with van der Waals surface area (Å²) < 4.78 is 3.11. The van der Waals surface area contributed by atoms with Gasteiger partial charge in [-0.1, -0.05) is 12.2 Å². The highest BCUT2D eigenvalue weighted by Crippen LogP contribution is 2.17. The third-order valence-electron chi connectivity index (χ3n) is 2.47. The predicted octanol–water partition coefficient (Wildman–Crippen LogP) is 0.898. The maximum absolute atomic E-state index is 4.61. The SMILES string of the molecule is Cn1cc(-c2nc3c(s2)=CCCC=3)cn1. The number of hydrogen-bond acceptors (Lipinski definition) is 3. The molecule has 0 bridgehead atoms. The molecular formula is C11H11N3S. The molecule has 0 unspecified atom stereocenters. The fraction of sp³-hybridized carbons (Fsp3) is 0.273. The highest BCUT2D eigenvalue weighted by Gasteiger charge is 2.06. The van der Waals surface area contributed by atoms with Gasteiger partial charge in [-0.2, -0.15) is 5.10 Å². The van der Waals surface area contributed by atoms with E-state index < -0.39 is 0 Å². The average molecular weight is 217 g/mol. The van der Waals surface area contributed by atoms with Crippen LogP contribution in [0.15, 0.2) is 12.4 Å². The Morgan fingerprint density at radius 3 is 2.93 bits per heavy atom. The van der Waals surface area contributed by atoms with E-state index in [1.165, 1.54) is 4.53 Å². The molecule has 2 heterocycles. The molecular weight excluding hydrogens is 206 g/mol. The largest absolute Gasteiger partial charge is 0.275 e. The van der Waals surface area contributed by atoms with E-state index in [4.69, 9.17) is 0 Å². The summed E-state index contributed by atoms with van der Waals surface area (Å²) in [6, 6.07) is 0. The molecule has 0 fully saturated rings. The predicted molar refractivity (Wildman–Crippen MR) is 61.7 cm³/mol. The molecule has 1 aliphatic rings. The van der Waals surface area contributed by atoms with Gasteiger partial charge >= 0.3 is 0 Å². The summed E-state index contributed by atoms with van der Waals surface area (Å²) in [4.78, 5) is 4.61. The van der Waals surface area contributed by atoms with Crippen molar-refractivity contribution in [2.24, 2.45) is 7.05 Å². The van der Waals surface area contributed by atoms with E-state index in [2.05, 4.69) is 22.2 Å². The smallest absolute Gasteiger partial charge is 0.127 e. The number of thiazole rings is 1. The first-order chi connectivity index (χ1) is 7.33. The summed E-state index contributed by atoms with van der Waals surface area (Å²) in [7, 11) is 1.93. The topological polar surface area (TPSA) is 30.7 Å². The van der Waals surface area contributed by atoms with Crippen LogP contribution < -0.4 is 9.88 Å². The summed E-state index contributed by atoms with van der Waals surface area (Å²) >= 11 is 1.75. The Labute approximate surface area is 91.4 Å². The molecule has 2 aromatic heterocycles. The Hall–Kier alpha value is -1.42. The van der Waals surface area contributed by atoms with Gasteiger partial charge in [0.2, 0.25) is 0 Å². The van der Waals surface area contributed by atoms with Crippen LogP contribution in [0.3, 0.4) is 0 Å². The molecule has 0 amide bonds. The Morgan fingerprint density at radius 2 is 2.20 bits per heavy atom. The third kappa shape index (κ3) is 1.51. The standard InChI is InChI=1S/C11H11N3S/c1-14-7-8(6-12-14)11-13-9-4-2-3-5-10(9)15-11/h4-7H,2-3H2,1H3. The lowest BCUT2D eigenvalue weighted by Crippen LogP contribution is -2.22. The molecule has 0 saturated heterocycles. The Bertz CT molecular complexity index is 573. The summed E-state index contributed by atoms with van der Waals surface area (Å²) in [6.07, 6.45) is 10.6. The van der Waals surface area contributed by atoms with Crippen LogP contribution in [-0.4, -0.2) is 14.8 Å². The molecule has 0 N–H and O–H groups in total. The summed E-state index contributed by atoms with van der Waals surface area (Å²) in [5.41, 5.74) is 1.11. The normalized spacial score (nSPS) is 14.2. The zero-order valence-electron chi connectivity index (χ0n) is 8.47. The van der Waals surface area contributed by atoms with Gasteiger partial charge in [-0.3, -0.25) is 4.68 Å². The van der Waals surface area contributed by atoms with Gasteiger partial charge in [0.15, 0.2) is 0 Å². The van der Waals surface area contributed by atoms with Crippen molar-refractivity contribution in [3.8, 4) is 10.6 Å². The van der Waals surface area contributed by atoms with Crippen molar-refractivity contribution in [1.82, 2.24) is 14.8 Å². The van der Waals surface area contributed by atoms with Crippen LogP contribution in [0.25, 0.3) is 22.7 Å². The van der Waals surface area contributed by atoms with Gasteiger partial charge in [-0.05, 0) is 12.8 Å². The van der Waals surface area contributed by atoms with Gasteiger partial charge in [0.05, 0.1) is 16.1 Å². The second-order valence-electron chi connectivity index (χ2n) is 3.66. The van der Waals surface area contributed by atoms with Crippen molar-refractivity contribution >= 4 is 23.5 Å². The van der Waals surface area contributed by atoms with E-state index in [0.717, 1.165) is 28.8 Å². The van der Waals surface area contributed by atoms with Crippen molar-refractivity contribution < 1.29 is 0 Å². The molecule has 0 spiro atoms. The van der Waals surface area contributed by atoms with Crippen LogP contribution in [0.4, 0.5) is 0 Å². The van der Waals surface area contributed by atoms with Crippen LogP contribution in [0.5, 0.6) is 0 Å². The minimum absolute atomic E-state index is 1.07. The van der Waals surface area contributed by atoms with Crippen LogP contribution in [0.1, 0.15) is 12.8 Å². The molecule has 0 aromatic carbocycles. The van der Waals surface area contributed by atoms with Crippen LogP contribution in [0, 0.1) is 0 Å². The first-order valence-electron chi connectivity index (χ1n) is 4.99. The summed E-state index contributed by atoms with van der Waals surface area (Å²) in [5, 5.41) is 6.38. The lowest BCUT2D eigenvalue weighted by Gasteiger charge is -1.89. The number of aryl methyl sites for hydroxylation is 1. The number of rotatable bonds is 1. The minimum Gasteiger partial charge on any atom is -0.275 e. The maximum atomic E-state index is 4.61. The summed E-state index contributed by atoms with van der Waals surface area (Å²) in [6.45, 7) is 0. The monoisotopic (exact) mass is 217 g/mol. The molecule has 15 heavy (non-hydrogen) atoms. The number of fused-ring (bicyclic) bond motifs is 1. The second-order valence-corrected chi connectivity index (χ2v) is 4.69. The molecule has 0 atom stereocenters. The van der Waals surface area contributed by atoms with E-state index in [-0.39, 0.29) is 0 Å². The first kappa shape index (κ1) is 8.85. The first-order valence-corrected chi connectivity index (χ1v) is 5.81. The molecule has 0 aliphatic heterocycles. The highest BCUT2D eigenvalue weighted by atomic mass is 32.1. The zero-order valence-corrected chi connectivity index (χ0v) is 9.29. The molecule has 0 radical (unpaired) electrons. The number of nitrogens with zero attached hydrogens (tertiary/aromatic N) is 3. The summed E-state index contributed by atoms with van der Waals surface area (Å²) in [5.74, 6) is 0. The van der Waals surface area contributed by atoms with Crippen molar-refractivity contribution in [3.63, 3.8) is 0 Å². The molecule has 76 valence electrons. The zero-order chi connectivity index (χ0) is 10.3. The average Bonchev–Trinajstić information content (AvgIpc) is 2.82. The minimum atomic E-state index is 1.07. The van der Waals surface area contributed by atoms with Crippen molar-refractivity contribution in [2.45, 2.75) is 12.8 Å². The third-order valence-corrected chi connectivity index (χ3v) is 3.58. The quantitative estimate of drug-likeness (QED) is 0.710. The number of aromatic nitrogens is 3. The van der Waals surface area contributed by atoms with Gasteiger partial charge in [0.25, 0.3) is 0 Å². The molecule has 3 rings (SSSR count). The molecule has 3 nitrogen and oxygen atoms in total. The van der Waals surface area contributed by atoms with E-state index >= 15 is 0 Å². The Kier molecular flexibility index (Phi) is 1.95. The fourth-order valence-corrected chi connectivity index (χ4v) is 2.74. The van der Waals surface area contributed by atoms with Crippen molar-refractivity contribution in [3.05, 3.63) is 22.3 Å². The lowest BCUT2D eigenvalue weighted by atomic mass is 10.2. The molecule has 0 saturated carbocycles. The van der Waals surface area contributed by atoms with E-state index in [9.17, 15) is 0 Å². The van der Waals surface area contributed by atoms with Gasteiger partial charge in [-0.25, -0.2) is 4.98 Å². The fourth-order valence-electron chi connectivity index (χ4n) is 1.73. The highest BCUT2D eigenvalue weighted by molar-refractivity contribution is 7.13. The van der Waals surface area contributed by atoms with E-state index in [0.29, 0.717) is 0 Å². The van der Waals surface area contributed by atoms with Gasteiger partial charge in [0.1, 0.15) is 5.01 Å². The van der Waals surface area contributed by atoms with Crippen molar-refractivity contribution in [1.29, 1.82) is 0 Å². The van der Waals surface area contributed by atoms with Crippen LogP contribution in [-0.2, 0) is 7.05 Å². The van der Waals surface area contributed by atoms with Crippen LogP contribution >= 0.6 is 11.3 Å². The van der Waals surface area contributed by atoms with Gasteiger partial charge in [0, 0.05) is 18.8 Å². The van der Waals surface area contributed by atoms with Crippen molar-refractivity contribution in [2.75, 3.05) is 0 Å². The lowest BCUT2D eigenvalue weighted by molar-refractivity contribution is 0.768. The van der Waals surface area contributed by atoms with Gasteiger partial charge in [-0.15, -0.1) is 11.3 Å². The maximum Gasteiger partial charge on any atom is 0.127 e. The van der Waals surface area contributed by atoms with E-state index in [1.807, 2.05) is 24.1 Å². The Balaban J connectivity index is 2.19. The number of hydrogen-bond donors (Lipinski definition) is 0. The van der Waals surface area contributed by atoms with Gasteiger partial charge < -0.3 is 0 Å². The molecule has 1 aliphatic carbocycles. The second kappa shape index (κ2) is 3.31. The Morgan fingerprint density at radius 1 is 1.33 bits per heavy atom. The van der Waals surface area contributed by atoms with E-state index in [1.54, 1.807) is 11.3 Å². The molecule has 2 aromatic rings.